The van der Waals surface area contributed by atoms with Crippen LogP contribution in [0.5, 0.6) is 0 Å². The quantitative estimate of drug-likeness (QED) is 0.712. The normalized spacial score (nSPS) is 21.9. The lowest BCUT2D eigenvalue weighted by Gasteiger charge is -2.42. The van der Waals surface area contributed by atoms with Gasteiger partial charge in [0.25, 0.3) is 0 Å². The van der Waals surface area contributed by atoms with Gasteiger partial charge in [0, 0.05) is 18.0 Å². The minimum atomic E-state index is -3.10. The zero-order chi connectivity index (χ0) is 20.8. The van der Waals surface area contributed by atoms with E-state index in [1.165, 1.54) is 23.3 Å². The lowest BCUT2D eigenvalue weighted by Crippen LogP contribution is -2.56. The number of fused-ring (bicyclic) bond motifs is 1. The van der Waals surface area contributed by atoms with Crippen LogP contribution in [0.3, 0.4) is 0 Å². The highest BCUT2D eigenvalue weighted by atomic mass is 32.2. The molecule has 2 aliphatic heterocycles. The molecule has 0 aliphatic carbocycles. The zero-order valence-electron chi connectivity index (χ0n) is 18.0. The van der Waals surface area contributed by atoms with Crippen LogP contribution < -0.4 is 4.90 Å². The van der Waals surface area contributed by atoms with Crippen molar-refractivity contribution in [2.45, 2.75) is 64.7 Å². The summed E-state index contributed by atoms with van der Waals surface area (Å²) in [5.41, 5.74) is 1.22. The van der Waals surface area contributed by atoms with Gasteiger partial charge in [-0.1, -0.05) is 13.8 Å². The van der Waals surface area contributed by atoms with E-state index in [2.05, 4.69) is 23.6 Å². The summed E-state index contributed by atoms with van der Waals surface area (Å²) in [6.45, 7) is 12.3. The van der Waals surface area contributed by atoms with E-state index in [0.29, 0.717) is 25.9 Å². The summed E-state index contributed by atoms with van der Waals surface area (Å²) >= 11 is 1.73. The predicted octanol–water partition coefficient (Wildman–Crippen LogP) is 3.70. The summed E-state index contributed by atoms with van der Waals surface area (Å²) in [6.07, 6.45) is 3.76. The Bertz CT molecular complexity index is 1010. The fraction of sp³-hybridized carbons (Fsp3) is 0.714. The summed E-state index contributed by atoms with van der Waals surface area (Å²) in [6, 6.07) is 0. The number of anilines is 1. The predicted molar refractivity (Wildman–Crippen MR) is 121 cm³/mol. The number of hydrogen-bond acceptors (Lipinski definition) is 7. The Kier molecular flexibility index (Phi) is 5.63. The van der Waals surface area contributed by atoms with Crippen LogP contribution in [0.4, 0.5) is 5.82 Å². The van der Waals surface area contributed by atoms with E-state index < -0.39 is 14.6 Å². The minimum absolute atomic E-state index is 0.198. The Morgan fingerprint density at radius 3 is 2.41 bits per heavy atom. The van der Waals surface area contributed by atoms with E-state index in [-0.39, 0.29) is 5.75 Å². The van der Waals surface area contributed by atoms with Gasteiger partial charge in [-0.15, -0.1) is 11.3 Å². The highest BCUT2D eigenvalue weighted by molar-refractivity contribution is 7.92. The van der Waals surface area contributed by atoms with Gasteiger partial charge in [0.05, 0.1) is 22.4 Å². The molecular formula is C21H32N4O2S2. The van der Waals surface area contributed by atoms with Gasteiger partial charge in [0.15, 0.2) is 9.84 Å². The van der Waals surface area contributed by atoms with Crippen molar-refractivity contribution in [2.75, 3.05) is 36.8 Å². The van der Waals surface area contributed by atoms with E-state index in [9.17, 15) is 8.42 Å². The van der Waals surface area contributed by atoms with Crippen molar-refractivity contribution in [1.29, 1.82) is 0 Å². The van der Waals surface area contributed by atoms with Crippen molar-refractivity contribution < 1.29 is 8.42 Å². The molecule has 0 atom stereocenters. The Balaban J connectivity index is 1.79. The summed E-state index contributed by atoms with van der Waals surface area (Å²) in [5.74, 6) is 2.00. The van der Waals surface area contributed by atoms with Crippen LogP contribution >= 0.6 is 11.3 Å². The van der Waals surface area contributed by atoms with Gasteiger partial charge in [-0.3, -0.25) is 4.90 Å². The van der Waals surface area contributed by atoms with Gasteiger partial charge < -0.3 is 4.90 Å². The molecule has 8 heteroatoms. The molecule has 2 fully saturated rings. The molecule has 2 aromatic rings. The van der Waals surface area contributed by atoms with Gasteiger partial charge in [0.2, 0.25) is 0 Å². The van der Waals surface area contributed by atoms with E-state index in [1.807, 2.05) is 13.8 Å². The number of thiophene rings is 1. The third kappa shape index (κ3) is 3.57. The number of sulfone groups is 1. The molecule has 0 amide bonds. The fourth-order valence-electron chi connectivity index (χ4n) is 4.78. The van der Waals surface area contributed by atoms with Crippen molar-refractivity contribution >= 4 is 37.2 Å². The number of aryl methyl sites for hydroxylation is 2. The van der Waals surface area contributed by atoms with Crippen molar-refractivity contribution in [2.24, 2.45) is 0 Å². The average molecular weight is 437 g/mol. The maximum atomic E-state index is 12.9. The molecule has 2 saturated heterocycles. The fourth-order valence-corrected chi connectivity index (χ4v) is 7.95. The first-order valence-electron chi connectivity index (χ1n) is 10.8. The van der Waals surface area contributed by atoms with E-state index >= 15 is 0 Å². The van der Waals surface area contributed by atoms with Crippen LogP contribution in [0.15, 0.2) is 0 Å². The molecule has 2 aliphatic rings. The van der Waals surface area contributed by atoms with Crippen molar-refractivity contribution in [3.63, 3.8) is 0 Å². The topological polar surface area (TPSA) is 66.4 Å². The third-order valence-corrected chi connectivity index (χ3v) is 10.8. The van der Waals surface area contributed by atoms with E-state index in [4.69, 9.17) is 9.97 Å². The average Bonchev–Trinajstić information content (AvgIpc) is 3.29. The zero-order valence-corrected chi connectivity index (χ0v) is 19.6. The summed E-state index contributed by atoms with van der Waals surface area (Å²) in [4.78, 5) is 16.9. The Morgan fingerprint density at radius 1 is 1.07 bits per heavy atom. The van der Waals surface area contributed by atoms with Crippen molar-refractivity contribution in [1.82, 2.24) is 14.9 Å². The van der Waals surface area contributed by atoms with Crippen LogP contribution in [0, 0.1) is 13.8 Å². The van der Waals surface area contributed by atoms with E-state index in [0.717, 1.165) is 41.5 Å². The van der Waals surface area contributed by atoms with Crippen LogP contribution in [0.1, 0.15) is 55.8 Å². The number of aromatic nitrogens is 2. The monoisotopic (exact) mass is 436 g/mol. The maximum Gasteiger partial charge on any atom is 0.159 e. The standard InChI is InChI=1S/C21H32N4O2S2/c1-5-21(6-2)14-25(11-12-29(21,26)27)19-18-15(3)16(4)28-20(18)23-17(22-19)13-24-9-7-8-10-24/h5-14H2,1-4H3. The van der Waals surface area contributed by atoms with Gasteiger partial charge in [-0.05, 0) is 58.2 Å². The molecule has 4 rings (SSSR count). The highest BCUT2D eigenvalue weighted by Crippen LogP contribution is 2.39. The van der Waals surface area contributed by atoms with Gasteiger partial charge >= 0.3 is 0 Å². The molecule has 0 spiro atoms. The summed E-state index contributed by atoms with van der Waals surface area (Å²) in [5, 5.41) is 1.11. The van der Waals surface area contributed by atoms with E-state index in [1.54, 1.807) is 11.3 Å². The highest BCUT2D eigenvalue weighted by Gasteiger charge is 2.46. The largest absolute Gasteiger partial charge is 0.353 e. The molecule has 0 saturated carbocycles. The first-order valence-corrected chi connectivity index (χ1v) is 13.2. The lowest BCUT2D eigenvalue weighted by molar-refractivity contribution is 0.323. The Labute approximate surface area is 178 Å². The van der Waals surface area contributed by atoms with Crippen LogP contribution in [0.2, 0.25) is 0 Å². The molecule has 6 nitrogen and oxygen atoms in total. The third-order valence-electron chi connectivity index (χ3n) is 6.98. The first kappa shape index (κ1) is 21.0. The molecule has 0 bridgehead atoms. The second kappa shape index (κ2) is 7.78. The van der Waals surface area contributed by atoms with Crippen molar-refractivity contribution in [3.05, 3.63) is 16.3 Å². The minimum Gasteiger partial charge on any atom is -0.353 e. The number of nitrogens with zero attached hydrogens (tertiary/aromatic N) is 4. The number of rotatable bonds is 5. The maximum absolute atomic E-state index is 12.9. The van der Waals surface area contributed by atoms with Gasteiger partial charge in [0.1, 0.15) is 16.5 Å². The number of hydrogen-bond donors (Lipinski definition) is 0. The van der Waals surface area contributed by atoms with Crippen molar-refractivity contribution in [3.8, 4) is 0 Å². The molecule has 4 heterocycles. The molecule has 0 unspecified atom stereocenters. The molecule has 160 valence electrons. The molecule has 2 aromatic heterocycles. The Morgan fingerprint density at radius 2 is 1.76 bits per heavy atom. The molecule has 0 aromatic carbocycles. The molecule has 0 N–H and O–H groups in total. The number of likely N-dealkylation sites (tertiary alicyclic amines) is 1. The molecule has 29 heavy (non-hydrogen) atoms. The smallest absolute Gasteiger partial charge is 0.159 e. The lowest BCUT2D eigenvalue weighted by atomic mass is 10.0. The summed E-state index contributed by atoms with van der Waals surface area (Å²) in [7, 11) is -3.10. The SMILES string of the molecule is CCC1(CC)CN(c2nc(CN3CCCC3)nc3sc(C)c(C)c23)CCS1(=O)=O. The second-order valence-electron chi connectivity index (χ2n) is 8.54. The molecule has 0 radical (unpaired) electrons. The first-order chi connectivity index (χ1) is 13.8. The Hall–Kier alpha value is -1.25. The van der Waals surface area contributed by atoms with Gasteiger partial charge in [-0.2, -0.15) is 0 Å². The molecular weight excluding hydrogens is 404 g/mol. The van der Waals surface area contributed by atoms with Gasteiger partial charge in [-0.25, -0.2) is 18.4 Å². The second-order valence-corrected chi connectivity index (χ2v) is 12.2. The van der Waals surface area contributed by atoms with Crippen LogP contribution in [-0.2, 0) is 16.4 Å². The van der Waals surface area contributed by atoms with Crippen LogP contribution in [-0.4, -0.2) is 60.0 Å². The van der Waals surface area contributed by atoms with Crippen LogP contribution in [0.25, 0.3) is 10.2 Å². The summed E-state index contributed by atoms with van der Waals surface area (Å²) < 4.78 is 25.1.